The van der Waals surface area contributed by atoms with Gasteiger partial charge in [0.1, 0.15) is 0 Å². The second-order valence-electron chi connectivity index (χ2n) is 2.35. The van der Waals surface area contributed by atoms with Crippen molar-refractivity contribution in [1.82, 2.24) is 4.98 Å². The molecule has 1 heterocycles. The zero-order valence-corrected chi connectivity index (χ0v) is 9.04. The number of hydrogen-bond acceptors (Lipinski definition) is 3. The van der Waals surface area contributed by atoms with Crippen LogP contribution in [0.5, 0.6) is 0 Å². The van der Waals surface area contributed by atoms with Crippen LogP contribution in [0.1, 0.15) is 5.69 Å². The Labute approximate surface area is 88.4 Å². The number of nitrogens with zero attached hydrogens (tertiary/aromatic N) is 1. The van der Waals surface area contributed by atoms with Crippen LogP contribution in [0.2, 0.25) is 0 Å². The molecule has 0 N–H and O–H groups in total. The molecule has 0 aliphatic carbocycles. The standard InChI is InChI=1S/C8H7FINO2/c1-13-8(12)4-6-2-5(10)3-7(9)11-6/h2-3H,4H2,1H3. The van der Waals surface area contributed by atoms with E-state index in [1.165, 1.54) is 13.2 Å². The molecule has 70 valence electrons. The average molecular weight is 295 g/mol. The van der Waals surface area contributed by atoms with E-state index in [2.05, 4.69) is 9.72 Å². The normalized spacial score (nSPS) is 9.77. The molecule has 3 nitrogen and oxygen atoms in total. The number of carbonyl (C=O) groups excluding carboxylic acids is 1. The first-order chi connectivity index (χ1) is 6.11. The lowest BCUT2D eigenvalue weighted by molar-refractivity contribution is -0.139. The summed E-state index contributed by atoms with van der Waals surface area (Å²) in [5.74, 6) is -1.00. The van der Waals surface area contributed by atoms with Crippen LogP contribution in [0.15, 0.2) is 12.1 Å². The smallest absolute Gasteiger partial charge is 0.311 e. The van der Waals surface area contributed by atoms with Crippen molar-refractivity contribution in [3.05, 3.63) is 27.3 Å². The Morgan fingerprint density at radius 2 is 2.38 bits per heavy atom. The highest BCUT2D eigenvalue weighted by Gasteiger charge is 2.06. The van der Waals surface area contributed by atoms with Crippen LogP contribution in [0, 0.1) is 9.52 Å². The van der Waals surface area contributed by atoms with E-state index in [4.69, 9.17) is 0 Å². The largest absolute Gasteiger partial charge is 0.469 e. The number of pyridine rings is 1. The van der Waals surface area contributed by atoms with Crippen molar-refractivity contribution < 1.29 is 13.9 Å². The Morgan fingerprint density at radius 3 is 2.92 bits per heavy atom. The van der Waals surface area contributed by atoms with E-state index < -0.39 is 11.9 Å². The summed E-state index contributed by atoms with van der Waals surface area (Å²) in [4.78, 5) is 14.4. The number of esters is 1. The Hall–Kier alpha value is -0.720. The van der Waals surface area contributed by atoms with Gasteiger partial charge in [-0.3, -0.25) is 4.79 Å². The van der Waals surface area contributed by atoms with Crippen LogP contribution >= 0.6 is 22.6 Å². The summed E-state index contributed by atoms with van der Waals surface area (Å²) in [6.45, 7) is 0. The number of methoxy groups -OCH3 is 1. The highest BCUT2D eigenvalue weighted by molar-refractivity contribution is 14.1. The van der Waals surface area contributed by atoms with Crippen LogP contribution in [0.25, 0.3) is 0 Å². The average Bonchev–Trinajstić information content (AvgIpc) is 2.02. The van der Waals surface area contributed by atoms with Gasteiger partial charge in [0.15, 0.2) is 0 Å². The topological polar surface area (TPSA) is 39.2 Å². The quantitative estimate of drug-likeness (QED) is 0.472. The fourth-order valence-electron chi connectivity index (χ4n) is 0.827. The first-order valence-electron chi connectivity index (χ1n) is 3.50. The van der Waals surface area contributed by atoms with Gasteiger partial charge in [0.2, 0.25) is 5.95 Å². The minimum atomic E-state index is -0.578. The maximum absolute atomic E-state index is 12.7. The molecule has 0 aromatic carbocycles. The van der Waals surface area contributed by atoms with Crippen molar-refractivity contribution >= 4 is 28.6 Å². The van der Waals surface area contributed by atoms with Gasteiger partial charge >= 0.3 is 5.97 Å². The lowest BCUT2D eigenvalue weighted by Crippen LogP contribution is -2.07. The van der Waals surface area contributed by atoms with Gasteiger partial charge in [-0.2, -0.15) is 4.39 Å². The molecular weight excluding hydrogens is 288 g/mol. The molecular formula is C8H7FINO2. The second-order valence-corrected chi connectivity index (χ2v) is 3.60. The summed E-state index contributed by atoms with van der Waals surface area (Å²) in [6, 6.07) is 2.93. The molecule has 13 heavy (non-hydrogen) atoms. The monoisotopic (exact) mass is 295 g/mol. The lowest BCUT2D eigenvalue weighted by atomic mass is 10.3. The summed E-state index contributed by atoms with van der Waals surface area (Å²) < 4.78 is 17.9. The van der Waals surface area contributed by atoms with Gasteiger partial charge < -0.3 is 4.74 Å². The minimum Gasteiger partial charge on any atom is -0.469 e. The van der Waals surface area contributed by atoms with Gasteiger partial charge in [0, 0.05) is 9.64 Å². The molecule has 1 aromatic rings. The number of carbonyl (C=O) groups is 1. The van der Waals surface area contributed by atoms with Crippen molar-refractivity contribution in [3.8, 4) is 0 Å². The lowest BCUT2D eigenvalue weighted by Gasteiger charge is -1.99. The van der Waals surface area contributed by atoms with Gasteiger partial charge in [-0.1, -0.05) is 0 Å². The fourth-order valence-corrected chi connectivity index (χ4v) is 1.44. The van der Waals surface area contributed by atoms with Gasteiger partial charge in [-0.25, -0.2) is 4.98 Å². The molecule has 1 aromatic heterocycles. The fraction of sp³-hybridized carbons (Fsp3) is 0.250. The van der Waals surface area contributed by atoms with E-state index in [0.29, 0.717) is 9.26 Å². The number of halogens is 2. The molecule has 5 heteroatoms. The molecule has 1 rings (SSSR count). The van der Waals surface area contributed by atoms with Gasteiger partial charge in [-0.15, -0.1) is 0 Å². The van der Waals surface area contributed by atoms with Crippen LogP contribution in [-0.2, 0) is 16.0 Å². The molecule has 0 spiro atoms. The number of rotatable bonds is 2. The van der Waals surface area contributed by atoms with Crippen LogP contribution in [-0.4, -0.2) is 18.1 Å². The predicted molar refractivity (Wildman–Crippen MR) is 52.6 cm³/mol. The van der Waals surface area contributed by atoms with Crippen molar-refractivity contribution in [2.75, 3.05) is 7.11 Å². The molecule has 0 amide bonds. The Bertz CT molecular complexity index is 310. The van der Waals surface area contributed by atoms with Gasteiger partial charge in [-0.05, 0) is 28.7 Å². The predicted octanol–water partition coefficient (Wildman–Crippen LogP) is 1.54. The van der Waals surface area contributed by atoms with Crippen LogP contribution in [0.4, 0.5) is 4.39 Å². The van der Waals surface area contributed by atoms with Crippen molar-refractivity contribution in [2.24, 2.45) is 0 Å². The molecule has 0 saturated heterocycles. The summed E-state index contributed by atoms with van der Waals surface area (Å²) in [7, 11) is 1.28. The summed E-state index contributed by atoms with van der Waals surface area (Å²) in [6.07, 6.45) is 0.00423. The van der Waals surface area contributed by atoms with E-state index in [0.717, 1.165) is 0 Å². The molecule has 0 unspecified atom stereocenters. The van der Waals surface area contributed by atoms with Crippen LogP contribution < -0.4 is 0 Å². The Kier molecular flexibility index (Phi) is 3.58. The zero-order valence-electron chi connectivity index (χ0n) is 6.88. The Balaban J connectivity index is 2.83. The highest BCUT2D eigenvalue weighted by atomic mass is 127. The molecule has 0 atom stereocenters. The molecule has 0 saturated carbocycles. The first kappa shape index (κ1) is 10.4. The highest BCUT2D eigenvalue weighted by Crippen LogP contribution is 2.08. The summed E-state index contributed by atoms with van der Waals surface area (Å²) in [5.41, 5.74) is 0.385. The van der Waals surface area contributed by atoms with E-state index in [1.807, 2.05) is 22.6 Å². The van der Waals surface area contributed by atoms with Crippen molar-refractivity contribution in [2.45, 2.75) is 6.42 Å². The molecule has 0 aliphatic rings. The third kappa shape index (κ3) is 3.25. The van der Waals surface area contributed by atoms with E-state index in [1.54, 1.807) is 6.07 Å². The van der Waals surface area contributed by atoms with Gasteiger partial charge in [0.25, 0.3) is 0 Å². The number of aromatic nitrogens is 1. The van der Waals surface area contributed by atoms with E-state index >= 15 is 0 Å². The summed E-state index contributed by atoms with van der Waals surface area (Å²) >= 11 is 1.96. The third-order valence-electron chi connectivity index (χ3n) is 1.37. The Morgan fingerprint density at radius 1 is 1.69 bits per heavy atom. The van der Waals surface area contributed by atoms with E-state index in [-0.39, 0.29) is 6.42 Å². The number of ether oxygens (including phenoxy) is 1. The van der Waals surface area contributed by atoms with E-state index in [9.17, 15) is 9.18 Å². The zero-order chi connectivity index (χ0) is 9.84. The second kappa shape index (κ2) is 4.50. The van der Waals surface area contributed by atoms with Crippen molar-refractivity contribution in [1.29, 1.82) is 0 Å². The molecule has 0 bridgehead atoms. The molecule has 0 fully saturated rings. The molecule has 0 radical (unpaired) electrons. The maximum atomic E-state index is 12.7. The SMILES string of the molecule is COC(=O)Cc1cc(I)cc(F)n1. The maximum Gasteiger partial charge on any atom is 0.311 e. The van der Waals surface area contributed by atoms with Crippen LogP contribution in [0.3, 0.4) is 0 Å². The van der Waals surface area contributed by atoms with Crippen molar-refractivity contribution in [3.63, 3.8) is 0 Å². The van der Waals surface area contributed by atoms with Gasteiger partial charge in [0.05, 0.1) is 19.2 Å². The summed E-state index contributed by atoms with van der Waals surface area (Å²) in [5, 5.41) is 0. The number of hydrogen-bond donors (Lipinski definition) is 0. The first-order valence-corrected chi connectivity index (χ1v) is 4.58. The molecule has 0 aliphatic heterocycles. The minimum absolute atomic E-state index is 0.00423. The third-order valence-corrected chi connectivity index (χ3v) is 1.99.